The minimum Gasteiger partial charge on any atom is -1.00 e. The number of pyridine rings is 1. The van der Waals surface area contributed by atoms with Crippen LogP contribution in [-0.2, 0) is 57.1 Å². The predicted molar refractivity (Wildman–Crippen MR) is 153 cm³/mol. The van der Waals surface area contributed by atoms with Crippen molar-refractivity contribution in [1.82, 2.24) is 4.98 Å². The number of aliphatic imine (C=N–C) groups is 2. The predicted octanol–water partition coefficient (Wildman–Crippen LogP) is -0.380. The average molecular weight is 645 g/mol. The van der Waals surface area contributed by atoms with Gasteiger partial charge in [-0.25, -0.2) is 4.98 Å². The maximum absolute atomic E-state index is 6.46. The summed E-state index contributed by atoms with van der Waals surface area (Å²) in [6.45, 7) is 13.1. The number of hydrogen-bond donors (Lipinski definition) is 0. The molecule has 0 aliphatic carbocycles. The molecule has 0 N–H and O–H groups in total. The molecule has 0 saturated heterocycles. The summed E-state index contributed by atoms with van der Waals surface area (Å²) >= 11 is 6.46. The Morgan fingerprint density at radius 3 is 1.13 bits per heavy atom. The first kappa shape index (κ1) is 39.8. The number of rotatable bonds is 10. The molecule has 0 fully saturated rings. The monoisotopic (exact) mass is 643 g/mol. The zero-order valence-electron chi connectivity index (χ0n) is 23.7. The van der Waals surface area contributed by atoms with Gasteiger partial charge in [-0.2, -0.15) is 0 Å². The molecule has 0 aliphatic rings. The summed E-state index contributed by atoms with van der Waals surface area (Å²) in [5.41, 5.74) is 11.4. The van der Waals surface area contributed by atoms with Crippen molar-refractivity contribution >= 4 is 35.4 Å². The summed E-state index contributed by atoms with van der Waals surface area (Å²) in [7, 11) is 0. The molecule has 39 heavy (non-hydrogen) atoms. The second-order valence-electron chi connectivity index (χ2n) is 8.80. The number of benzene rings is 2. The van der Waals surface area contributed by atoms with Crippen LogP contribution >= 0.6 is 11.6 Å². The molecule has 0 amide bonds. The molecule has 213 valence electrons. The first-order valence-electron chi connectivity index (χ1n) is 13.0. The Balaban J connectivity index is 0. The van der Waals surface area contributed by atoms with Gasteiger partial charge in [0.15, 0.2) is 0 Å². The Bertz CT molecular complexity index is 1100. The van der Waals surface area contributed by atoms with E-state index < -0.39 is 0 Å². The molecule has 0 bridgehead atoms. The smallest absolute Gasteiger partial charge is 0.0835 e. The van der Waals surface area contributed by atoms with Crippen LogP contribution in [0.2, 0.25) is 5.02 Å². The summed E-state index contributed by atoms with van der Waals surface area (Å²) in [6.07, 6.45) is 9.51. The molecular formula is C31H38Cl4N3V-3. The van der Waals surface area contributed by atoms with Crippen LogP contribution in [0.15, 0.2) is 46.4 Å². The zero-order chi connectivity index (χ0) is 25.4. The largest absolute Gasteiger partial charge is 1.00 e. The van der Waals surface area contributed by atoms with Crippen molar-refractivity contribution in [2.45, 2.75) is 80.1 Å². The molecule has 1 aromatic heterocycles. The molecule has 3 nitrogen and oxygen atoms in total. The summed E-state index contributed by atoms with van der Waals surface area (Å²) in [5.74, 6) is 0. The molecular weight excluding hydrogens is 607 g/mol. The fourth-order valence-corrected chi connectivity index (χ4v) is 4.64. The minimum absolute atomic E-state index is 0. The van der Waals surface area contributed by atoms with Gasteiger partial charge in [0.2, 0.25) is 0 Å². The van der Waals surface area contributed by atoms with Crippen molar-refractivity contribution in [1.29, 1.82) is 0 Å². The maximum Gasteiger partial charge on any atom is 0.0835 e. The SMILES string of the molecule is CCc1cc(CC)c(N=Cc2cc(Cl)cc(C=Nc3c(CC)cc(CC)cc3CC)n2)c(CC)c1.[Cl-].[Cl-].[Cl-].[V]. The van der Waals surface area contributed by atoms with Crippen molar-refractivity contribution < 1.29 is 55.8 Å². The molecule has 1 radical (unpaired) electrons. The van der Waals surface area contributed by atoms with E-state index in [2.05, 4.69) is 65.8 Å². The first-order valence-corrected chi connectivity index (χ1v) is 13.4. The summed E-state index contributed by atoms with van der Waals surface area (Å²) < 4.78 is 0. The van der Waals surface area contributed by atoms with Gasteiger partial charge >= 0.3 is 0 Å². The van der Waals surface area contributed by atoms with Crippen molar-refractivity contribution in [2.75, 3.05) is 0 Å². The third-order valence-electron chi connectivity index (χ3n) is 6.48. The van der Waals surface area contributed by atoms with Gasteiger partial charge in [0.1, 0.15) is 0 Å². The number of aryl methyl sites for hydroxylation is 6. The normalized spacial score (nSPS) is 10.5. The molecule has 3 aromatic rings. The Morgan fingerprint density at radius 2 is 0.872 bits per heavy atom. The van der Waals surface area contributed by atoms with Gasteiger partial charge in [0, 0.05) is 23.6 Å². The van der Waals surface area contributed by atoms with E-state index in [0.29, 0.717) is 5.02 Å². The molecule has 8 heteroatoms. The van der Waals surface area contributed by atoms with Crippen molar-refractivity contribution in [2.24, 2.45) is 9.98 Å². The van der Waals surface area contributed by atoms with E-state index in [1.165, 1.54) is 33.4 Å². The molecule has 0 aliphatic heterocycles. The third-order valence-corrected chi connectivity index (χ3v) is 6.70. The van der Waals surface area contributed by atoms with E-state index in [9.17, 15) is 0 Å². The Morgan fingerprint density at radius 1 is 0.564 bits per heavy atom. The Labute approximate surface area is 270 Å². The molecule has 0 unspecified atom stereocenters. The van der Waals surface area contributed by atoms with E-state index in [0.717, 1.165) is 61.3 Å². The van der Waals surface area contributed by atoms with Gasteiger partial charge in [-0.15, -0.1) is 0 Å². The second kappa shape index (κ2) is 19.7. The van der Waals surface area contributed by atoms with Crippen LogP contribution in [0.25, 0.3) is 0 Å². The Kier molecular flexibility index (Phi) is 20.1. The zero-order valence-corrected chi connectivity index (χ0v) is 28.1. The van der Waals surface area contributed by atoms with Crippen LogP contribution in [0.5, 0.6) is 0 Å². The van der Waals surface area contributed by atoms with Gasteiger partial charge in [-0.1, -0.05) is 77.4 Å². The van der Waals surface area contributed by atoms with Gasteiger partial charge in [-0.3, -0.25) is 9.98 Å². The average Bonchev–Trinajstić information content (AvgIpc) is 2.89. The van der Waals surface area contributed by atoms with Crippen LogP contribution in [0.1, 0.15) is 86.3 Å². The van der Waals surface area contributed by atoms with Crippen LogP contribution in [0.3, 0.4) is 0 Å². The topological polar surface area (TPSA) is 37.6 Å². The van der Waals surface area contributed by atoms with Crippen LogP contribution in [0, 0.1) is 0 Å². The van der Waals surface area contributed by atoms with Gasteiger partial charge in [0.05, 0.1) is 35.2 Å². The fraction of sp³-hybridized carbons (Fsp3) is 0.387. The number of nitrogens with zero attached hydrogens (tertiary/aromatic N) is 3. The first-order chi connectivity index (χ1) is 17.0. The van der Waals surface area contributed by atoms with E-state index in [1.807, 2.05) is 24.6 Å². The van der Waals surface area contributed by atoms with Gasteiger partial charge < -0.3 is 37.2 Å². The van der Waals surface area contributed by atoms with E-state index >= 15 is 0 Å². The fourth-order valence-electron chi connectivity index (χ4n) is 4.41. The van der Waals surface area contributed by atoms with Crippen molar-refractivity contribution in [3.63, 3.8) is 0 Å². The third kappa shape index (κ3) is 10.5. The van der Waals surface area contributed by atoms with E-state index in [-0.39, 0.29) is 55.8 Å². The number of halogens is 4. The molecule has 0 saturated carbocycles. The van der Waals surface area contributed by atoms with Crippen LogP contribution in [-0.4, -0.2) is 17.4 Å². The van der Waals surface area contributed by atoms with Crippen molar-refractivity contribution in [3.8, 4) is 0 Å². The quantitative estimate of drug-likeness (QED) is 0.278. The van der Waals surface area contributed by atoms with E-state index in [1.54, 1.807) is 0 Å². The Hall–Kier alpha value is -1.33. The van der Waals surface area contributed by atoms with E-state index in [4.69, 9.17) is 26.6 Å². The van der Waals surface area contributed by atoms with Crippen LogP contribution < -0.4 is 37.2 Å². The molecule has 0 spiro atoms. The minimum atomic E-state index is 0. The van der Waals surface area contributed by atoms with Gasteiger partial charge in [0.25, 0.3) is 0 Å². The number of aromatic nitrogens is 1. The second-order valence-corrected chi connectivity index (χ2v) is 9.23. The van der Waals surface area contributed by atoms with Gasteiger partial charge in [-0.05, 0) is 84.0 Å². The summed E-state index contributed by atoms with van der Waals surface area (Å²) in [6, 6.07) is 12.8. The van der Waals surface area contributed by atoms with Crippen molar-refractivity contribution in [3.05, 3.63) is 86.2 Å². The summed E-state index contributed by atoms with van der Waals surface area (Å²) in [5, 5.41) is 0.628. The molecule has 1 heterocycles. The number of hydrogen-bond acceptors (Lipinski definition) is 3. The standard InChI is InChI=1S/C31H38ClN3.3ClH.V/c1-7-21-13-23(9-3)30(24(10-4)14-21)33-19-28-17-27(32)18-29(35-28)20-34-31-25(11-5)15-22(8-2)16-26(31)12-6;;;;/h13-20H,7-12H2,1-6H3;3*1H;/p-3. The van der Waals surface area contributed by atoms with Crippen LogP contribution in [0.4, 0.5) is 11.4 Å². The molecule has 2 aromatic carbocycles. The maximum atomic E-state index is 6.46. The molecule has 3 rings (SSSR count). The summed E-state index contributed by atoms with van der Waals surface area (Å²) in [4.78, 5) is 14.5. The molecule has 0 atom stereocenters.